The predicted octanol–water partition coefficient (Wildman–Crippen LogP) is 5.09. The molecule has 0 aliphatic rings. The van der Waals surface area contributed by atoms with Gasteiger partial charge in [0, 0.05) is 16.3 Å². The average Bonchev–Trinajstić information content (AvgIpc) is 2.67. The Morgan fingerprint density at radius 1 is 1.04 bits per heavy atom. The summed E-state index contributed by atoms with van der Waals surface area (Å²) in [6.07, 6.45) is 2.25. The first-order valence-electron chi connectivity index (χ1n) is 9.00. The first-order valence-corrected chi connectivity index (χ1v) is 9.37. The zero-order chi connectivity index (χ0) is 19.6. The molecule has 2 aromatic rings. The minimum atomic E-state index is -0.708. The van der Waals surface area contributed by atoms with Crippen molar-refractivity contribution in [2.75, 3.05) is 11.9 Å². The Hall–Kier alpha value is -2.53. The van der Waals surface area contributed by atoms with E-state index in [4.69, 9.17) is 21.1 Å². The van der Waals surface area contributed by atoms with Gasteiger partial charge >= 0.3 is 5.97 Å². The maximum Gasteiger partial charge on any atom is 0.347 e. The Morgan fingerprint density at radius 3 is 2.33 bits per heavy atom. The molecule has 0 saturated carbocycles. The number of esters is 1. The third kappa shape index (κ3) is 6.94. The predicted molar refractivity (Wildman–Crippen MR) is 106 cm³/mol. The first-order chi connectivity index (χ1) is 13.0. The number of carbonyl (C=O) groups excluding carboxylic acids is 2. The summed E-state index contributed by atoms with van der Waals surface area (Å²) in [7, 11) is 0. The van der Waals surface area contributed by atoms with Crippen LogP contribution in [0.3, 0.4) is 0 Å². The highest BCUT2D eigenvalue weighted by molar-refractivity contribution is 6.30. The van der Waals surface area contributed by atoms with E-state index >= 15 is 0 Å². The van der Waals surface area contributed by atoms with E-state index in [1.165, 1.54) is 0 Å². The average molecular weight is 390 g/mol. The molecular weight excluding hydrogens is 366 g/mol. The summed E-state index contributed by atoms with van der Waals surface area (Å²) in [4.78, 5) is 24.1. The standard InChI is InChI=1S/C21H24ClNO4/c1-3-4-5-14-26-21(25)15(2)27-19-12-6-16(7-13-19)20(24)23-18-10-8-17(22)9-11-18/h6-13,15H,3-5,14H2,1-2H3,(H,23,24)/t15-/m1/s1. The van der Waals surface area contributed by atoms with Gasteiger partial charge in [-0.05, 0) is 61.9 Å². The molecule has 0 bridgehead atoms. The molecule has 0 heterocycles. The molecule has 0 aliphatic heterocycles. The fourth-order valence-corrected chi connectivity index (χ4v) is 2.44. The lowest BCUT2D eigenvalue weighted by molar-refractivity contribution is -0.151. The number of halogens is 1. The quantitative estimate of drug-likeness (QED) is 0.479. The van der Waals surface area contributed by atoms with E-state index in [2.05, 4.69) is 12.2 Å². The zero-order valence-electron chi connectivity index (χ0n) is 15.5. The monoisotopic (exact) mass is 389 g/mol. The topological polar surface area (TPSA) is 64.6 Å². The maximum absolute atomic E-state index is 12.3. The van der Waals surface area contributed by atoms with Gasteiger partial charge in [0.1, 0.15) is 5.75 Å². The van der Waals surface area contributed by atoms with E-state index in [0.29, 0.717) is 28.6 Å². The number of benzene rings is 2. The van der Waals surface area contributed by atoms with Crippen molar-refractivity contribution in [1.82, 2.24) is 0 Å². The molecule has 5 nitrogen and oxygen atoms in total. The second-order valence-electron chi connectivity index (χ2n) is 6.12. The largest absolute Gasteiger partial charge is 0.479 e. The molecule has 1 atom stereocenters. The number of nitrogens with one attached hydrogen (secondary N) is 1. The lowest BCUT2D eigenvalue weighted by Crippen LogP contribution is -2.26. The highest BCUT2D eigenvalue weighted by Crippen LogP contribution is 2.17. The Bertz CT molecular complexity index is 744. The van der Waals surface area contributed by atoms with Gasteiger partial charge in [-0.2, -0.15) is 0 Å². The second-order valence-corrected chi connectivity index (χ2v) is 6.56. The normalized spacial score (nSPS) is 11.5. The number of ether oxygens (including phenoxy) is 2. The van der Waals surface area contributed by atoms with Gasteiger partial charge in [0.2, 0.25) is 0 Å². The van der Waals surface area contributed by atoms with Crippen LogP contribution in [-0.2, 0) is 9.53 Å². The van der Waals surface area contributed by atoms with E-state index in [-0.39, 0.29) is 5.91 Å². The van der Waals surface area contributed by atoms with Crippen molar-refractivity contribution in [3.63, 3.8) is 0 Å². The van der Waals surface area contributed by atoms with Gasteiger partial charge < -0.3 is 14.8 Å². The highest BCUT2D eigenvalue weighted by Gasteiger charge is 2.16. The van der Waals surface area contributed by atoms with Crippen LogP contribution in [0.2, 0.25) is 5.02 Å². The molecule has 27 heavy (non-hydrogen) atoms. The number of amides is 1. The van der Waals surface area contributed by atoms with Crippen LogP contribution >= 0.6 is 11.6 Å². The van der Waals surface area contributed by atoms with Gasteiger partial charge in [-0.15, -0.1) is 0 Å². The molecule has 1 amide bonds. The van der Waals surface area contributed by atoms with Crippen molar-refractivity contribution in [2.45, 2.75) is 39.2 Å². The molecule has 0 unspecified atom stereocenters. The minimum absolute atomic E-state index is 0.243. The summed E-state index contributed by atoms with van der Waals surface area (Å²) in [5, 5.41) is 3.39. The second kappa shape index (κ2) is 10.6. The number of anilines is 1. The molecule has 0 fully saturated rings. The summed E-state index contributed by atoms with van der Waals surface area (Å²) in [5.74, 6) is -0.140. The molecule has 0 radical (unpaired) electrons. The van der Waals surface area contributed by atoms with Gasteiger partial charge in [0.05, 0.1) is 6.61 Å². The number of unbranched alkanes of at least 4 members (excludes halogenated alkanes) is 2. The van der Waals surface area contributed by atoms with E-state index in [9.17, 15) is 9.59 Å². The van der Waals surface area contributed by atoms with Crippen LogP contribution in [0.25, 0.3) is 0 Å². The van der Waals surface area contributed by atoms with Gasteiger partial charge in [0.25, 0.3) is 5.91 Å². The maximum atomic E-state index is 12.3. The number of carbonyl (C=O) groups is 2. The summed E-state index contributed by atoms with van der Waals surface area (Å²) in [5.41, 5.74) is 1.14. The molecule has 0 aliphatic carbocycles. The van der Waals surface area contributed by atoms with Crippen molar-refractivity contribution in [1.29, 1.82) is 0 Å². The highest BCUT2D eigenvalue weighted by atomic mass is 35.5. The van der Waals surface area contributed by atoms with Gasteiger partial charge in [-0.1, -0.05) is 31.4 Å². The van der Waals surface area contributed by atoms with Gasteiger partial charge in [-0.25, -0.2) is 4.79 Å². The number of hydrogen-bond donors (Lipinski definition) is 1. The Labute approximate surface area is 164 Å². The third-order valence-electron chi connectivity index (χ3n) is 3.86. The first kappa shape index (κ1) is 20.8. The molecule has 0 saturated heterocycles. The van der Waals surface area contributed by atoms with Crippen LogP contribution in [0.1, 0.15) is 43.5 Å². The third-order valence-corrected chi connectivity index (χ3v) is 4.11. The molecule has 2 aromatic carbocycles. The summed E-state index contributed by atoms with van der Waals surface area (Å²) in [6.45, 7) is 4.14. The van der Waals surface area contributed by atoms with Gasteiger partial charge in [-0.3, -0.25) is 4.79 Å². The van der Waals surface area contributed by atoms with Crippen LogP contribution in [0.4, 0.5) is 5.69 Å². The Balaban J connectivity index is 1.85. The SMILES string of the molecule is CCCCCOC(=O)[C@@H](C)Oc1ccc(C(=O)Nc2ccc(Cl)cc2)cc1. The van der Waals surface area contributed by atoms with Crippen LogP contribution in [0.5, 0.6) is 5.75 Å². The molecule has 2 rings (SSSR count). The van der Waals surface area contributed by atoms with Crippen LogP contribution < -0.4 is 10.1 Å². The lowest BCUT2D eigenvalue weighted by Gasteiger charge is -2.14. The fourth-order valence-electron chi connectivity index (χ4n) is 2.32. The van der Waals surface area contributed by atoms with Crippen molar-refractivity contribution >= 4 is 29.2 Å². The molecule has 0 spiro atoms. The van der Waals surface area contributed by atoms with Crippen molar-refractivity contribution in [2.24, 2.45) is 0 Å². The molecule has 144 valence electrons. The molecule has 6 heteroatoms. The van der Waals surface area contributed by atoms with Gasteiger partial charge in [0.15, 0.2) is 6.10 Å². The number of rotatable bonds is 9. The van der Waals surface area contributed by atoms with Crippen molar-refractivity contribution < 1.29 is 19.1 Å². The van der Waals surface area contributed by atoms with Crippen LogP contribution in [0.15, 0.2) is 48.5 Å². The fraction of sp³-hybridized carbons (Fsp3) is 0.333. The number of hydrogen-bond acceptors (Lipinski definition) is 4. The van der Waals surface area contributed by atoms with E-state index in [0.717, 1.165) is 19.3 Å². The minimum Gasteiger partial charge on any atom is -0.479 e. The summed E-state index contributed by atoms with van der Waals surface area (Å²) < 4.78 is 10.8. The summed E-state index contributed by atoms with van der Waals surface area (Å²) in [6, 6.07) is 13.4. The van der Waals surface area contributed by atoms with Crippen LogP contribution in [0, 0.1) is 0 Å². The molecule has 0 aromatic heterocycles. The van der Waals surface area contributed by atoms with Crippen molar-refractivity contribution in [3.05, 3.63) is 59.1 Å². The smallest absolute Gasteiger partial charge is 0.347 e. The summed E-state index contributed by atoms with van der Waals surface area (Å²) >= 11 is 5.83. The van der Waals surface area contributed by atoms with Crippen LogP contribution in [-0.4, -0.2) is 24.6 Å². The molecule has 1 N–H and O–H groups in total. The van der Waals surface area contributed by atoms with E-state index in [1.54, 1.807) is 55.5 Å². The Morgan fingerprint density at radius 2 is 1.70 bits per heavy atom. The Kier molecular flexibility index (Phi) is 8.14. The lowest BCUT2D eigenvalue weighted by atomic mass is 10.2. The molecular formula is C21H24ClNO4. The van der Waals surface area contributed by atoms with Crippen molar-refractivity contribution in [3.8, 4) is 5.75 Å². The zero-order valence-corrected chi connectivity index (χ0v) is 16.3. The van der Waals surface area contributed by atoms with E-state index in [1.807, 2.05) is 0 Å². The van der Waals surface area contributed by atoms with E-state index < -0.39 is 12.1 Å².